The number of rotatable bonds is 5. The summed E-state index contributed by atoms with van der Waals surface area (Å²) in [5.74, 6) is -1.15. The molecule has 0 radical (unpaired) electrons. The Kier molecular flexibility index (Phi) is 4.84. The van der Waals surface area contributed by atoms with Gasteiger partial charge < -0.3 is 10.1 Å². The molecule has 0 aliphatic carbocycles. The van der Waals surface area contributed by atoms with Gasteiger partial charge in [-0.05, 0) is 24.4 Å². The number of esters is 1. The van der Waals surface area contributed by atoms with Crippen molar-refractivity contribution in [1.82, 2.24) is 0 Å². The van der Waals surface area contributed by atoms with E-state index in [0.717, 1.165) is 0 Å². The van der Waals surface area contributed by atoms with E-state index in [1.807, 2.05) is 0 Å². The lowest BCUT2D eigenvalue weighted by molar-refractivity contribution is -0.385. The zero-order valence-corrected chi connectivity index (χ0v) is 12.4. The first-order valence-corrected chi connectivity index (χ1v) is 7.11. The molecule has 1 heterocycles. The van der Waals surface area contributed by atoms with Crippen LogP contribution < -0.4 is 5.32 Å². The SMILES string of the molecule is Cc1ccc(NC(=O)COC(=O)c2cccs2)cc1[N+](=O)[O-]. The van der Waals surface area contributed by atoms with Gasteiger partial charge in [0.1, 0.15) is 4.88 Å². The first-order valence-electron chi connectivity index (χ1n) is 6.23. The Morgan fingerprint density at radius 1 is 1.36 bits per heavy atom. The van der Waals surface area contributed by atoms with Crippen LogP contribution in [-0.4, -0.2) is 23.4 Å². The fourth-order valence-electron chi connectivity index (χ4n) is 1.68. The van der Waals surface area contributed by atoms with E-state index in [4.69, 9.17) is 4.74 Å². The van der Waals surface area contributed by atoms with E-state index in [-0.39, 0.29) is 11.4 Å². The summed E-state index contributed by atoms with van der Waals surface area (Å²) in [6, 6.07) is 7.63. The molecule has 1 aromatic carbocycles. The molecule has 8 heteroatoms. The molecule has 0 spiro atoms. The van der Waals surface area contributed by atoms with Crippen molar-refractivity contribution in [1.29, 1.82) is 0 Å². The van der Waals surface area contributed by atoms with Gasteiger partial charge in [-0.3, -0.25) is 14.9 Å². The van der Waals surface area contributed by atoms with Crippen molar-refractivity contribution in [3.05, 3.63) is 56.3 Å². The van der Waals surface area contributed by atoms with Crippen LogP contribution in [0.2, 0.25) is 0 Å². The van der Waals surface area contributed by atoms with E-state index in [1.165, 1.54) is 23.5 Å². The molecule has 0 aliphatic rings. The van der Waals surface area contributed by atoms with Crippen LogP contribution in [0, 0.1) is 17.0 Å². The Morgan fingerprint density at radius 2 is 2.14 bits per heavy atom. The van der Waals surface area contributed by atoms with E-state index in [2.05, 4.69) is 5.32 Å². The maximum atomic E-state index is 11.7. The molecule has 0 saturated carbocycles. The van der Waals surface area contributed by atoms with Gasteiger partial charge >= 0.3 is 5.97 Å². The van der Waals surface area contributed by atoms with Crippen molar-refractivity contribution < 1.29 is 19.2 Å². The third-order valence-corrected chi connectivity index (χ3v) is 3.60. The highest BCUT2D eigenvalue weighted by atomic mass is 32.1. The number of nitro benzene ring substituents is 1. The molecule has 0 unspecified atom stereocenters. The van der Waals surface area contributed by atoms with Crippen LogP contribution in [-0.2, 0) is 9.53 Å². The van der Waals surface area contributed by atoms with E-state index in [0.29, 0.717) is 10.4 Å². The summed E-state index contributed by atoms with van der Waals surface area (Å²) in [4.78, 5) is 34.0. The van der Waals surface area contributed by atoms with Crippen LogP contribution in [0.5, 0.6) is 0 Å². The van der Waals surface area contributed by atoms with Crippen molar-refractivity contribution in [3.8, 4) is 0 Å². The lowest BCUT2D eigenvalue weighted by Crippen LogP contribution is -2.20. The second-order valence-corrected chi connectivity index (χ2v) is 5.31. The number of amides is 1. The average Bonchev–Trinajstić information content (AvgIpc) is 3.01. The predicted molar refractivity (Wildman–Crippen MR) is 81.1 cm³/mol. The molecule has 2 aromatic rings. The maximum Gasteiger partial charge on any atom is 0.348 e. The highest BCUT2D eigenvalue weighted by molar-refractivity contribution is 7.11. The molecule has 1 aromatic heterocycles. The van der Waals surface area contributed by atoms with Crippen LogP contribution in [0.3, 0.4) is 0 Å². The minimum atomic E-state index is -0.583. The molecular weight excluding hydrogens is 308 g/mol. The fraction of sp³-hybridized carbons (Fsp3) is 0.143. The Bertz CT molecular complexity index is 712. The van der Waals surface area contributed by atoms with Crippen LogP contribution in [0.25, 0.3) is 0 Å². The molecule has 0 bridgehead atoms. The van der Waals surface area contributed by atoms with Crippen molar-refractivity contribution >= 4 is 34.6 Å². The number of hydrogen-bond donors (Lipinski definition) is 1. The summed E-state index contributed by atoms with van der Waals surface area (Å²) in [6.45, 7) is 1.14. The summed E-state index contributed by atoms with van der Waals surface area (Å²) >= 11 is 1.21. The Hall–Kier alpha value is -2.74. The molecule has 0 fully saturated rings. The van der Waals surface area contributed by atoms with Crippen LogP contribution >= 0.6 is 11.3 Å². The molecule has 7 nitrogen and oxygen atoms in total. The summed E-state index contributed by atoms with van der Waals surface area (Å²) in [6.07, 6.45) is 0. The van der Waals surface area contributed by atoms with Crippen molar-refractivity contribution in [2.24, 2.45) is 0 Å². The molecule has 0 aliphatic heterocycles. The second-order valence-electron chi connectivity index (χ2n) is 4.36. The molecule has 0 atom stereocenters. The number of carbonyl (C=O) groups excluding carboxylic acids is 2. The van der Waals surface area contributed by atoms with E-state index >= 15 is 0 Å². The number of anilines is 1. The van der Waals surface area contributed by atoms with Gasteiger partial charge in [-0.1, -0.05) is 12.1 Å². The van der Waals surface area contributed by atoms with E-state index < -0.39 is 23.4 Å². The number of nitrogens with zero attached hydrogens (tertiary/aromatic N) is 1. The van der Waals surface area contributed by atoms with Gasteiger partial charge in [-0.15, -0.1) is 11.3 Å². The zero-order valence-electron chi connectivity index (χ0n) is 11.6. The smallest absolute Gasteiger partial charge is 0.348 e. The van der Waals surface area contributed by atoms with Crippen molar-refractivity contribution in [2.75, 3.05) is 11.9 Å². The summed E-state index contributed by atoms with van der Waals surface area (Å²) < 4.78 is 4.85. The fourth-order valence-corrected chi connectivity index (χ4v) is 2.29. The summed E-state index contributed by atoms with van der Waals surface area (Å²) in [7, 11) is 0. The number of nitrogens with one attached hydrogen (secondary N) is 1. The highest BCUT2D eigenvalue weighted by Gasteiger charge is 2.14. The quantitative estimate of drug-likeness (QED) is 0.519. The molecule has 22 heavy (non-hydrogen) atoms. The Labute approximate surface area is 129 Å². The lowest BCUT2D eigenvalue weighted by Gasteiger charge is -2.06. The molecule has 2 rings (SSSR count). The largest absolute Gasteiger partial charge is 0.451 e. The monoisotopic (exact) mass is 320 g/mol. The zero-order chi connectivity index (χ0) is 16.1. The van der Waals surface area contributed by atoms with Gasteiger partial charge in [0.15, 0.2) is 6.61 Å². The van der Waals surface area contributed by atoms with E-state index in [1.54, 1.807) is 30.5 Å². The van der Waals surface area contributed by atoms with Gasteiger partial charge in [0.2, 0.25) is 0 Å². The van der Waals surface area contributed by atoms with Gasteiger partial charge in [-0.2, -0.15) is 0 Å². The Morgan fingerprint density at radius 3 is 2.77 bits per heavy atom. The Balaban J connectivity index is 1.93. The van der Waals surface area contributed by atoms with Gasteiger partial charge in [0.25, 0.3) is 11.6 Å². The minimum Gasteiger partial charge on any atom is -0.451 e. The predicted octanol–water partition coefficient (Wildman–Crippen LogP) is 2.76. The molecule has 114 valence electrons. The summed E-state index contributed by atoms with van der Waals surface area (Å²) in [5.41, 5.74) is 0.676. The number of thiophene rings is 1. The van der Waals surface area contributed by atoms with Crippen molar-refractivity contribution in [3.63, 3.8) is 0 Å². The molecule has 1 amide bonds. The topological polar surface area (TPSA) is 98.5 Å². The lowest BCUT2D eigenvalue weighted by atomic mass is 10.2. The number of ether oxygens (including phenoxy) is 1. The van der Waals surface area contributed by atoms with E-state index in [9.17, 15) is 19.7 Å². The number of carbonyl (C=O) groups is 2. The number of hydrogen-bond acceptors (Lipinski definition) is 6. The second kappa shape index (κ2) is 6.81. The minimum absolute atomic E-state index is 0.0895. The first-order chi connectivity index (χ1) is 10.5. The standard InChI is InChI=1S/C14H12N2O5S/c1-9-4-5-10(7-11(9)16(19)20)15-13(17)8-21-14(18)12-3-2-6-22-12/h2-7H,8H2,1H3,(H,15,17). The molecule has 0 saturated heterocycles. The average molecular weight is 320 g/mol. The molecular formula is C14H12N2O5S. The van der Waals surface area contributed by atoms with Gasteiger partial charge in [-0.25, -0.2) is 4.79 Å². The van der Waals surface area contributed by atoms with Crippen LogP contribution in [0.15, 0.2) is 35.7 Å². The summed E-state index contributed by atoms with van der Waals surface area (Å²) in [5, 5.41) is 15.0. The third-order valence-electron chi connectivity index (χ3n) is 2.75. The first kappa shape index (κ1) is 15.6. The highest BCUT2D eigenvalue weighted by Crippen LogP contribution is 2.22. The normalized spacial score (nSPS) is 10.0. The van der Waals surface area contributed by atoms with Crippen LogP contribution in [0.1, 0.15) is 15.2 Å². The van der Waals surface area contributed by atoms with Crippen molar-refractivity contribution in [2.45, 2.75) is 6.92 Å². The maximum absolute atomic E-state index is 11.7. The molecule has 1 N–H and O–H groups in total. The van der Waals surface area contributed by atoms with Gasteiger partial charge in [0.05, 0.1) is 4.92 Å². The number of benzene rings is 1. The van der Waals surface area contributed by atoms with Gasteiger partial charge in [0, 0.05) is 17.3 Å². The number of nitro groups is 1. The number of aryl methyl sites for hydroxylation is 1. The van der Waals surface area contributed by atoms with Crippen LogP contribution in [0.4, 0.5) is 11.4 Å². The third kappa shape index (κ3) is 3.89.